The molecule has 0 spiro atoms. The van der Waals surface area contributed by atoms with Gasteiger partial charge < -0.3 is 9.84 Å². The van der Waals surface area contributed by atoms with Crippen LogP contribution >= 0.6 is 0 Å². The number of rotatable bonds is 5. The van der Waals surface area contributed by atoms with Crippen LogP contribution in [0, 0.1) is 6.92 Å². The number of carbonyl (C=O) groups excluding carboxylic acids is 1. The highest BCUT2D eigenvalue weighted by Crippen LogP contribution is 2.21. The molecule has 1 aromatic heterocycles. The van der Waals surface area contributed by atoms with Gasteiger partial charge in [-0.1, -0.05) is 47.6 Å². The molecule has 0 bridgehead atoms. The number of benzene rings is 2. The molecule has 0 fully saturated rings. The van der Waals surface area contributed by atoms with Gasteiger partial charge in [0.2, 0.25) is 5.91 Å². The minimum Gasteiger partial charge on any atom is -0.360 e. The number of carbonyl (C=O) groups is 1. The van der Waals surface area contributed by atoms with E-state index in [0.717, 1.165) is 16.3 Å². The average molecular weight is 342 g/mol. The fourth-order valence-corrected chi connectivity index (χ4v) is 3.58. The molecular formula is C18H18N2O3S. The number of hydrogen-bond acceptors (Lipinski definition) is 4. The molecule has 1 heterocycles. The SMILES string of the molecule is Cc1cc(NC(=O)[C@@H](C)[S@](=O)Cc2cccc3ccccc23)no1. The van der Waals surface area contributed by atoms with Gasteiger partial charge in [0.1, 0.15) is 11.0 Å². The highest BCUT2D eigenvalue weighted by molar-refractivity contribution is 7.85. The van der Waals surface area contributed by atoms with Crippen molar-refractivity contribution in [3.63, 3.8) is 0 Å². The van der Waals surface area contributed by atoms with E-state index in [0.29, 0.717) is 17.3 Å². The van der Waals surface area contributed by atoms with Crippen LogP contribution in [0.5, 0.6) is 0 Å². The predicted octanol–water partition coefficient (Wildman–Crippen LogP) is 3.41. The molecule has 3 aromatic rings. The molecule has 3 rings (SSSR count). The summed E-state index contributed by atoms with van der Waals surface area (Å²) in [5, 5.41) is 7.86. The second-order valence-electron chi connectivity index (χ2n) is 5.62. The fraction of sp³-hybridized carbons (Fsp3) is 0.222. The van der Waals surface area contributed by atoms with Crippen molar-refractivity contribution in [2.75, 3.05) is 5.32 Å². The van der Waals surface area contributed by atoms with E-state index in [-0.39, 0.29) is 5.91 Å². The number of amides is 1. The summed E-state index contributed by atoms with van der Waals surface area (Å²) in [5.74, 6) is 0.941. The lowest BCUT2D eigenvalue weighted by Crippen LogP contribution is -2.29. The Bertz CT molecular complexity index is 899. The van der Waals surface area contributed by atoms with Crippen LogP contribution in [-0.2, 0) is 21.3 Å². The maximum Gasteiger partial charge on any atom is 0.241 e. The normalized spacial score (nSPS) is 13.6. The number of nitrogens with one attached hydrogen (secondary N) is 1. The Morgan fingerprint density at radius 3 is 2.75 bits per heavy atom. The molecule has 0 aliphatic heterocycles. The lowest BCUT2D eigenvalue weighted by molar-refractivity contribution is -0.115. The van der Waals surface area contributed by atoms with Gasteiger partial charge in [-0.3, -0.25) is 9.00 Å². The Morgan fingerprint density at radius 1 is 1.25 bits per heavy atom. The van der Waals surface area contributed by atoms with Crippen LogP contribution in [0.15, 0.2) is 53.1 Å². The van der Waals surface area contributed by atoms with Gasteiger partial charge in [0.15, 0.2) is 5.82 Å². The molecule has 2 aromatic carbocycles. The number of fused-ring (bicyclic) bond motifs is 1. The Balaban J connectivity index is 1.72. The third-order valence-electron chi connectivity index (χ3n) is 3.82. The quantitative estimate of drug-likeness (QED) is 0.771. The highest BCUT2D eigenvalue weighted by Gasteiger charge is 2.21. The van der Waals surface area contributed by atoms with Crippen LogP contribution in [-0.4, -0.2) is 20.5 Å². The predicted molar refractivity (Wildman–Crippen MR) is 95.1 cm³/mol. The van der Waals surface area contributed by atoms with E-state index < -0.39 is 16.0 Å². The van der Waals surface area contributed by atoms with Crippen molar-refractivity contribution in [3.8, 4) is 0 Å². The van der Waals surface area contributed by atoms with Gasteiger partial charge in [-0.05, 0) is 30.2 Å². The molecule has 0 saturated carbocycles. The van der Waals surface area contributed by atoms with Crippen LogP contribution in [0.2, 0.25) is 0 Å². The van der Waals surface area contributed by atoms with E-state index in [2.05, 4.69) is 10.5 Å². The molecule has 0 saturated heterocycles. The molecule has 6 heteroatoms. The van der Waals surface area contributed by atoms with Gasteiger partial charge in [0.25, 0.3) is 0 Å². The lowest BCUT2D eigenvalue weighted by atomic mass is 10.1. The molecule has 0 aliphatic carbocycles. The topological polar surface area (TPSA) is 72.2 Å². The molecule has 2 atom stereocenters. The Hall–Kier alpha value is -2.47. The van der Waals surface area contributed by atoms with Gasteiger partial charge in [-0.2, -0.15) is 0 Å². The zero-order chi connectivity index (χ0) is 17.1. The van der Waals surface area contributed by atoms with Gasteiger partial charge in [-0.25, -0.2) is 0 Å². The van der Waals surface area contributed by atoms with Crippen LogP contribution in [0.25, 0.3) is 10.8 Å². The lowest BCUT2D eigenvalue weighted by Gasteiger charge is -2.12. The summed E-state index contributed by atoms with van der Waals surface area (Å²) in [5.41, 5.74) is 0.975. The molecule has 24 heavy (non-hydrogen) atoms. The maximum absolute atomic E-state index is 12.6. The van der Waals surface area contributed by atoms with Crippen molar-refractivity contribution >= 4 is 33.3 Å². The number of hydrogen-bond donors (Lipinski definition) is 1. The molecule has 5 nitrogen and oxygen atoms in total. The van der Waals surface area contributed by atoms with Crippen molar-refractivity contribution in [2.45, 2.75) is 24.9 Å². The van der Waals surface area contributed by atoms with Crippen molar-refractivity contribution in [3.05, 3.63) is 59.9 Å². The van der Waals surface area contributed by atoms with Gasteiger partial charge in [0.05, 0.1) is 0 Å². The third-order valence-corrected chi connectivity index (χ3v) is 5.42. The highest BCUT2D eigenvalue weighted by atomic mass is 32.2. The summed E-state index contributed by atoms with van der Waals surface area (Å²) in [6.45, 7) is 3.40. The molecule has 0 aliphatic rings. The molecule has 0 radical (unpaired) electrons. The first-order valence-corrected chi connectivity index (χ1v) is 9.01. The van der Waals surface area contributed by atoms with Crippen molar-refractivity contribution in [2.24, 2.45) is 0 Å². The van der Waals surface area contributed by atoms with Crippen LogP contribution in [0.1, 0.15) is 18.2 Å². The van der Waals surface area contributed by atoms with E-state index >= 15 is 0 Å². The second-order valence-corrected chi connectivity index (χ2v) is 7.37. The monoisotopic (exact) mass is 342 g/mol. The summed E-state index contributed by atoms with van der Waals surface area (Å²) < 4.78 is 17.5. The number of aryl methyl sites for hydroxylation is 1. The van der Waals surface area contributed by atoms with E-state index in [1.54, 1.807) is 19.9 Å². The third kappa shape index (κ3) is 3.54. The van der Waals surface area contributed by atoms with E-state index in [1.165, 1.54) is 0 Å². The van der Waals surface area contributed by atoms with Crippen LogP contribution in [0.3, 0.4) is 0 Å². The van der Waals surface area contributed by atoms with Gasteiger partial charge in [-0.15, -0.1) is 0 Å². The van der Waals surface area contributed by atoms with E-state index in [9.17, 15) is 9.00 Å². The second kappa shape index (κ2) is 6.97. The molecule has 1 amide bonds. The summed E-state index contributed by atoms with van der Waals surface area (Å²) >= 11 is 0. The van der Waals surface area contributed by atoms with E-state index in [1.807, 2.05) is 42.5 Å². The smallest absolute Gasteiger partial charge is 0.241 e. The molecular weight excluding hydrogens is 324 g/mol. The number of nitrogens with zero attached hydrogens (tertiary/aromatic N) is 1. The number of anilines is 1. The minimum absolute atomic E-state index is 0.327. The first-order valence-electron chi connectivity index (χ1n) is 7.62. The molecule has 1 N–H and O–H groups in total. The Labute approximate surface area is 142 Å². The maximum atomic E-state index is 12.6. The standard InChI is InChI=1S/C18H18N2O3S/c1-12-10-17(20-23-12)19-18(21)13(2)24(22)11-15-8-5-7-14-6-3-4-9-16(14)15/h3-10,13H,11H2,1-2H3,(H,19,20,21)/t13-,24-/m1/s1. The molecule has 124 valence electrons. The van der Waals surface area contributed by atoms with Crippen LogP contribution in [0.4, 0.5) is 5.82 Å². The molecule has 0 unspecified atom stereocenters. The summed E-state index contributed by atoms with van der Waals surface area (Å²) in [4.78, 5) is 12.2. The average Bonchev–Trinajstić information content (AvgIpc) is 2.99. The summed E-state index contributed by atoms with van der Waals surface area (Å²) in [7, 11) is -1.34. The summed E-state index contributed by atoms with van der Waals surface area (Å²) in [6.07, 6.45) is 0. The van der Waals surface area contributed by atoms with Crippen molar-refractivity contribution < 1.29 is 13.5 Å². The number of aromatic nitrogens is 1. The van der Waals surface area contributed by atoms with Crippen molar-refractivity contribution in [1.82, 2.24) is 5.16 Å². The zero-order valence-corrected chi connectivity index (χ0v) is 14.3. The van der Waals surface area contributed by atoms with E-state index in [4.69, 9.17) is 4.52 Å². The van der Waals surface area contributed by atoms with Gasteiger partial charge in [0, 0.05) is 22.6 Å². The Morgan fingerprint density at radius 2 is 2.00 bits per heavy atom. The first kappa shape index (κ1) is 16.4. The van der Waals surface area contributed by atoms with Crippen molar-refractivity contribution in [1.29, 1.82) is 0 Å². The van der Waals surface area contributed by atoms with Gasteiger partial charge >= 0.3 is 0 Å². The summed E-state index contributed by atoms with van der Waals surface area (Å²) in [6, 6.07) is 15.5. The fourth-order valence-electron chi connectivity index (χ4n) is 2.47. The first-order chi connectivity index (χ1) is 11.5. The van der Waals surface area contributed by atoms with Crippen LogP contribution < -0.4 is 5.32 Å². The Kier molecular flexibility index (Phi) is 4.76. The zero-order valence-electron chi connectivity index (χ0n) is 13.5. The largest absolute Gasteiger partial charge is 0.360 e. The minimum atomic E-state index is -1.34.